The molecule has 0 aromatic heterocycles. The van der Waals surface area contributed by atoms with Gasteiger partial charge in [0, 0.05) is 12.1 Å². The van der Waals surface area contributed by atoms with Gasteiger partial charge in [-0.25, -0.2) is 4.79 Å². The van der Waals surface area contributed by atoms with Gasteiger partial charge in [0.1, 0.15) is 5.69 Å². The van der Waals surface area contributed by atoms with Gasteiger partial charge < -0.3 is 15.8 Å². The van der Waals surface area contributed by atoms with Gasteiger partial charge in [0.15, 0.2) is 6.61 Å². The van der Waals surface area contributed by atoms with Crippen LogP contribution in [0.25, 0.3) is 0 Å². The minimum absolute atomic E-state index is 0.0409. The number of nitrogens with two attached hydrogens (primary N) is 1. The van der Waals surface area contributed by atoms with Gasteiger partial charge in [0.2, 0.25) is 0 Å². The largest absolute Gasteiger partial charge is 0.452 e. The molecule has 0 aliphatic carbocycles. The zero-order valence-electron chi connectivity index (χ0n) is 14.9. The molecular formula is C19H21N3O5. The Morgan fingerprint density at radius 1 is 1.22 bits per heavy atom. The number of hydrogen-bond acceptors (Lipinski definition) is 6. The van der Waals surface area contributed by atoms with E-state index in [4.69, 9.17) is 10.5 Å². The lowest BCUT2D eigenvalue weighted by atomic mass is 10.1. The van der Waals surface area contributed by atoms with Crippen LogP contribution in [-0.2, 0) is 16.0 Å². The van der Waals surface area contributed by atoms with Crippen LogP contribution in [0.3, 0.4) is 0 Å². The Morgan fingerprint density at radius 3 is 2.59 bits per heavy atom. The fourth-order valence-electron chi connectivity index (χ4n) is 2.46. The number of aryl methyl sites for hydroxylation is 1. The van der Waals surface area contributed by atoms with Crippen LogP contribution in [0.2, 0.25) is 0 Å². The van der Waals surface area contributed by atoms with Gasteiger partial charge in [0.25, 0.3) is 11.6 Å². The van der Waals surface area contributed by atoms with Crippen LogP contribution in [0.4, 0.5) is 11.4 Å². The minimum Gasteiger partial charge on any atom is -0.452 e. The van der Waals surface area contributed by atoms with Crippen LogP contribution in [0, 0.1) is 10.1 Å². The highest BCUT2D eigenvalue weighted by molar-refractivity contribution is 5.92. The quantitative estimate of drug-likeness (QED) is 0.318. The van der Waals surface area contributed by atoms with Crippen molar-refractivity contribution in [3.63, 3.8) is 0 Å². The van der Waals surface area contributed by atoms with Crippen molar-refractivity contribution >= 4 is 23.3 Å². The lowest BCUT2D eigenvalue weighted by molar-refractivity contribution is -0.383. The van der Waals surface area contributed by atoms with Crippen LogP contribution in [0.5, 0.6) is 0 Å². The van der Waals surface area contributed by atoms with E-state index in [1.54, 1.807) is 0 Å². The number of ether oxygens (including phenoxy) is 1. The zero-order chi connectivity index (χ0) is 19.8. The van der Waals surface area contributed by atoms with Crippen LogP contribution >= 0.6 is 0 Å². The van der Waals surface area contributed by atoms with Crippen molar-refractivity contribution in [2.24, 2.45) is 0 Å². The molecule has 0 aliphatic rings. The van der Waals surface area contributed by atoms with E-state index >= 15 is 0 Å². The molecule has 0 bridgehead atoms. The maximum Gasteiger partial charge on any atom is 0.338 e. The first-order chi connectivity index (χ1) is 12.9. The fraction of sp³-hybridized carbons (Fsp3) is 0.263. The maximum absolute atomic E-state index is 12.0. The Kier molecular flexibility index (Phi) is 6.87. The third kappa shape index (κ3) is 6.10. The molecule has 2 rings (SSSR count). The number of nitro groups is 1. The predicted octanol–water partition coefficient (Wildman–Crippen LogP) is 2.47. The number of hydrogen-bond donors (Lipinski definition) is 2. The van der Waals surface area contributed by atoms with Crippen LogP contribution < -0.4 is 11.1 Å². The molecule has 3 N–H and O–H groups in total. The summed E-state index contributed by atoms with van der Waals surface area (Å²) in [5.41, 5.74) is 6.18. The summed E-state index contributed by atoms with van der Waals surface area (Å²) in [5.74, 6) is -1.26. The van der Waals surface area contributed by atoms with Crippen molar-refractivity contribution in [3.8, 4) is 0 Å². The SMILES string of the molecule is C[C@H](CCc1ccccc1)NC(=O)COC(=O)c1ccc(N)c([N+](=O)[O-])c1. The average molecular weight is 371 g/mol. The lowest BCUT2D eigenvalue weighted by Gasteiger charge is -2.14. The molecule has 0 aliphatic heterocycles. The highest BCUT2D eigenvalue weighted by Crippen LogP contribution is 2.22. The number of nitrogens with zero attached hydrogens (tertiary/aromatic N) is 1. The molecule has 0 heterocycles. The molecule has 8 nitrogen and oxygen atoms in total. The molecule has 142 valence electrons. The number of nitrogen functional groups attached to an aromatic ring is 1. The second-order valence-corrected chi connectivity index (χ2v) is 6.10. The predicted molar refractivity (Wildman–Crippen MR) is 100 cm³/mol. The summed E-state index contributed by atoms with van der Waals surface area (Å²) in [5, 5.41) is 13.6. The van der Waals surface area contributed by atoms with Gasteiger partial charge in [-0.1, -0.05) is 30.3 Å². The first kappa shape index (κ1) is 19.9. The van der Waals surface area contributed by atoms with Crippen molar-refractivity contribution in [2.45, 2.75) is 25.8 Å². The van der Waals surface area contributed by atoms with Crippen LogP contribution in [0.1, 0.15) is 29.3 Å². The molecule has 1 amide bonds. The highest BCUT2D eigenvalue weighted by atomic mass is 16.6. The number of nitro benzene ring substituents is 1. The average Bonchev–Trinajstić information content (AvgIpc) is 2.65. The molecule has 2 aromatic rings. The summed E-state index contributed by atoms with van der Waals surface area (Å²) in [7, 11) is 0. The molecule has 2 aromatic carbocycles. The van der Waals surface area contributed by atoms with Crippen LogP contribution in [0.15, 0.2) is 48.5 Å². The summed E-state index contributed by atoms with van der Waals surface area (Å²) < 4.78 is 4.91. The second-order valence-electron chi connectivity index (χ2n) is 6.10. The number of carbonyl (C=O) groups excluding carboxylic acids is 2. The monoisotopic (exact) mass is 371 g/mol. The standard InChI is InChI=1S/C19H21N3O5/c1-13(7-8-14-5-3-2-4-6-14)21-18(23)12-27-19(24)15-9-10-16(20)17(11-15)22(25)26/h2-6,9-11,13H,7-8,12,20H2,1H3,(H,21,23)/t13-/m1/s1. The Bertz CT molecular complexity index is 823. The number of amides is 1. The lowest BCUT2D eigenvalue weighted by Crippen LogP contribution is -2.36. The smallest absolute Gasteiger partial charge is 0.338 e. The Labute approximate surface area is 156 Å². The Balaban J connectivity index is 1.80. The molecule has 0 spiro atoms. The van der Waals surface area contributed by atoms with E-state index in [0.29, 0.717) is 0 Å². The summed E-state index contributed by atoms with van der Waals surface area (Å²) >= 11 is 0. The molecular weight excluding hydrogens is 350 g/mol. The van der Waals surface area contributed by atoms with Gasteiger partial charge in [0.05, 0.1) is 10.5 Å². The van der Waals surface area contributed by atoms with E-state index in [9.17, 15) is 19.7 Å². The van der Waals surface area contributed by atoms with E-state index in [1.165, 1.54) is 17.7 Å². The summed E-state index contributed by atoms with van der Waals surface area (Å²) in [4.78, 5) is 34.0. The van der Waals surface area contributed by atoms with Crippen molar-refractivity contribution in [3.05, 3.63) is 69.8 Å². The van der Waals surface area contributed by atoms with Crippen molar-refractivity contribution in [2.75, 3.05) is 12.3 Å². The van der Waals surface area contributed by atoms with E-state index < -0.39 is 23.4 Å². The van der Waals surface area contributed by atoms with Crippen molar-refractivity contribution < 1.29 is 19.2 Å². The molecule has 27 heavy (non-hydrogen) atoms. The first-order valence-corrected chi connectivity index (χ1v) is 8.41. The molecule has 8 heteroatoms. The Morgan fingerprint density at radius 2 is 1.93 bits per heavy atom. The number of benzene rings is 2. The second kappa shape index (κ2) is 9.33. The van der Waals surface area contributed by atoms with Crippen LogP contribution in [-0.4, -0.2) is 29.4 Å². The third-order valence-corrected chi connectivity index (χ3v) is 3.91. The molecule has 0 fully saturated rings. The Hall–Kier alpha value is -3.42. The van der Waals surface area contributed by atoms with Gasteiger partial charge in [-0.15, -0.1) is 0 Å². The molecule has 1 atom stereocenters. The summed E-state index contributed by atoms with van der Waals surface area (Å²) in [6, 6.07) is 13.4. The van der Waals surface area contributed by atoms with Crippen molar-refractivity contribution in [1.29, 1.82) is 0 Å². The van der Waals surface area contributed by atoms with Gasteiger partial charge in [-0.2, -0.15) is 0 Å². The first-order valence-electron chi connectivity index (χ1n) is 8.41. The number of carbonyl (C=O) groups is 2. The minimum atomic E-state index is -0.829. The number of esters is 1. The third-order valence-electron chi connectivity index (χ3n) is 3.91. The van der Waals surface area contributed by atoms with E-state index in [1.807, 2.05) is 37.3 Å². The van der Waals surface area contributed by atoms with E-state index in [0.717, 1.165) is 18.9 Å². The van der Waals surface area contributed by atoms with E-state index in [-0.39, 0.29) is 23.0 Å². The van der Waals surface area contributed by atoms with Gasteiger partial charge in [-0.3, -0.25) is 14.9 Å². The van der Waals surface area contributed by atoms with Crippen molar-refractivity contribution in [1.82, 2.24) is 5.32 Å². The van der Waals surface area contributed by atoms with E-state index in [2.05, 4.69) is 5.32 Å². The number of nitrogens with one attached hydrogen (secondary N) is 1. The van der Waals surface area contributed by atoms with Gasteiger partial charge in [-0.05, 0) is 37.5 Å². The molecule has 0 saturated carbocycles. The molecule has 0 unspecified atom stereocenters. The number of anilines is 1. The topological polar surface area (TPSA) is 125 Å². The van der Waals surface area contributed by atoms with Gasteiger partial charge >= 0.3 is 5.97 Å². The highest BCUT2D eigenvalue weighted by Gasteiger charge is 2.17. The molecule has 0 radical (unpaired) electrons. The molecule has 0 saturated heterocycles. The normalized spacial score (nSPS) is 11.4. The maximum atomic E-state index is 12.0. The zero-order valence-corrected chi connectivity index (χ0v) is 14.9. The summed E-state index contributed by atoms with van der Waals surface area (Å²) in [6.45, 7) is 1.40. The fourth-order valence-corrected chi connectivity index (χ4v) is 2.46. The number of rotatable bonds is 8. The summed E-state index contributed by atoms with van der Waals surface area (Å²) in [6.07, 6.45) is 1.56.